The molecule has 0 aromatic heterocycles. The van der Waals surface area contributed by atoms with Crippen molar-refractivity contribution in [2.24, 2.45) is 17.3 Å². The number of aliphatic hydroxyl groups excluding tert-OH is 2. The lowest BCUT2D eigenvalue weighted by Gasteiger charge is -2.49. The quantitative estimate of drug-likeness (QED) is 0.838. The van der Waals surface area contributed by atoms with Gasteiger partial charge < -0.3 is 14.9 Å². The number of aryl methyl sites for hydroxylation is 1. The van der Waals surface area contributed by atoms with Gasteiger partial charge in [0.1, 0.15) is 5.75 Å². The van der Waals surface area contributed by atoms with E-state index in [4.69, 9.17) is 4.74 Å². The molecular weight excluding hydrogens is 276 g/mol. The van der Waals surface area contributed by atoms with Crippen LogP contribution >= 0.6 is 0 Å². The second-order valence-electron chi connectivity index (χ2n) is 7.77. The Hall–Kier alpha value is -1.06. The Labute approximate surface area is 132 Å². The van der Waals surface area contributed by atoms with E-state index in [1.807, 2.05) is 0 Å². The smallest absolute Gasteiger partial charge is 0.119 e. The Morgan fingerprint density at radius 2 is 2.05 bits per heavy atom. The molecule has 0 aliphatic heterocycles. The fourth-order valence-corrected chi connectivity index (χ4v) is 5.67. The summed E-state index contributed by atoms with van der Waals surface area (Å²) in [5, 5.41) is 20.6. The minimum Gasteiger partial charge on any atom is -0.497 e. The van der Waals surface area contributed by atoms with Crippen LogP contribution in [0.25, 0.3) is 0 Å². The van der Waals surface area contributed by atoms with Crippen LogP contribution in [0.15, 0.2) is 18.2 Å². The summed E-state index contributed by atoms with van der Waals surface area (Å²) in [6, 6.07) is 6.51. The van der Waals surface area contributed by atoms with Crippen molar-refractivity contribution in [1.82, 2.24) is 0 Å². The Morgan fingerprint density at radius 3 is 2.82 bits per heavy atom. The van der Waals surface area contributed by atoms with Crippen molar-refractivity contribution < 1.29 is 14.9 Å². The average Bonchev–Trinajstić information content (AvgIpc) is 2.77. The standard InChI is InChI=1S/C19H26O3/c1-19-8-7-14-13-6-4-12(22-2)9-11(13)3-5-15(14)16(19)10-17(20)18(19)21/h4,6,9,14-18,20-21H,3,5,7-8,10H2,1-2H3/t14-,15+,16-,17-,18+,19-/m0/s1. The molecule has 0 bridgehead atoms. The zero-order chi connectivity index (χ0) is 15.5. The summed E-state index contributed by atoms with van der Waals surface area (Å²) < 4.78 is 5.36. The van der Waals surface area contributed by atoms with Crippen LogP contribution in [-0.4, -0.2) is 29.5 Å². The molecule has 3 aliphatic carbocycles. The number of hydrogen-bond acceptors (Lipinski definition) is 3. The van der Waals surface area contributed by atoms with Crippen molar-refractivity contribution in [1.29, 1.82) is 0 Å². The summed E-state index contributed by atoms with van der Waals surface area (Å²) in [7, 11) is 1.72. The summed E-state index contributed by atoms with van der Waals surface area (Å²) in [5.41, 5.74) is 2.82. The van der Waals surface area contributed by atoms with Gasteiger partial charge in [-0.05, 0) is 78.5 Å². The molecule has 0 spiro atoms. The van der Waals surface area contributed by atoms with Gasteiger partial charge in [-0.15, -0.1) is 0 Å². The van der Waals surface area contributed by atoms with E-state index in [1.165, 1.54) is 17.5 Å². The van der Waals surface area contributed by atoms with Gasteiger partial charge in [0.15, 0.2) is 0 Å². The lowest BCUT2D eigenvalue weighted by atomic mass is 9.55. The van der Waals surface area contributed by atoms with E-state index in [0.717, 1.165) is 31.4 Å². The molecule has 0 heterocycles. The van der Waals surface area contributed by atoms with E-state index < -0.39 is 12.2 Å². The normalized spacial score (nSPS) is 43.2. The zero-order valence-corrected chi connectivity index (χ0v) is 13.5. The second-order valence-corrected chi connectivity index (χ2v) is 7.77. The fraction of sp³-hybridized carbons (Fsp3) is 0.684. The topological polar surface area (TPSA) is 49.7 Å². The van der Waals surface area contributed by atoms with Crippen LogP contribution < -0.4 is 4.74 Å². The molecule has 0 unspecified atom stereocenters. The number of ether oxygens (including phenoxy) is 1. The Kier molecular flexibility index (Phi) is 3.28. The highest BCUT2D eigenvalue weighted by Crippen LogP contribution is 2.60. The van der Waals surface area contributed by atoms with Crippen LogP contribution in [0.2, 0.25) is 0 Å². The second kappa shape index (κ2) is 4.97. The third-order valence-electron chi connectivity index (χ3n) is 6.91. The molecule has 0 amide bonds. The van der Waals surface area contributed by atoms with Gasteiger partial charge in [-0.3, -0.25) is 0 Å². The average molecular weight is 302 g/mol. The molecule has 3 heteroatoms. The van der Waals surface area contributed by atoms with Gasteiger partial charge in [0.2, 0.25) is 0 Å². The molecule has 3 nitrogen and oxygen atoms in total. The predicted molar refractivity (Wildman–Crippen MR) is 85.0 cm³/mol. The molecule has 0 radical (unpaired) electrons. The Morgan fingerprint density at radius 1 is 1.23 bits per heavy atom. The molecule has 2 N–H and O–H groups in total. The van der Waals surface area contributed by atoms with Gasteiger partial charge in [-0.2, -0.15) is 0 Å². The van der Waals surface area contributed by atoms with Crippen molar-refractivity contribution in [3.63, 3.8) is 0 Å². The van der Waals surface area contributed by atoms with Crippen LogP contribution in [0.1, 0.15) is 49.7 Å². The summed E-state index contributed by atoms with van der Waals surface area (Å²) in [6.45, 7) is 2.19. The van der Waals surface area contributed by atoms with Gasteiger partial charge in [0, 0.05) is 0 Å². The summed E-state index contributed by atoms with van der Waals surface area (Å²) >= 11 is 0. The van der Waals surface area contributed by atoms with Gasteiger partial charge in [0.25, 0.3) is 0 Å². The molecule has 1 aromatic rings. The van der Waals surface area contributed by atoms with Crippen molar-refractivity contribution in [3.8, 4) is 5.75 Å². The summed E-state index contributed by atoms with van der Waals surface area (Å²) in [6.07, 6.45) is 4.09. The van der Waals surface area contributed by atoms with E-state index >= 15 is 0 Å². The van der Waals surface area contributed by atoms with E-state index in [2.05, 4.69) is 25.1 Å². The monoisotopic (exact) mass is 302 g/mol. The lowest BCUT2D eigenvalue weighted by Crippen LogP contribution is -2.44. The van der Waals surface area contributed by atoms with E-state index in [9.17, 15) is 10.2 Å². The summed E-state index contributed by atoms with van der Waals surface area (Å²) in [5.74, 6) is 2.59. The van der Waals surface area contributed by atoms with Gasteiger partial charge in [0.05, 0.1) is 19.3 Å². The maximum atomic E-state index is 10.4. The molecule has 6 atom stereocenters. The van der Waals surface area contributed by atoms with Crippen LogP contribution in [0.5, 0.6) is 5.75 Å². The van der Waals surface area contributed by atoms with Crippen LogP contribution in [0, 0.1) is 17.3 Å². The highest BCUT2D eigenvalue weighted by Gasteiger charge is 2.57. The van der Waals surface area contributed by atoms with E-state index in [1.54, 1.807) is 7.11 Å². The highest BCUT2D eigenvalue weighted by atomic mass is 16.5. The molecule has 120 valence electrons. The van der Waals surface area contributed by atoms with Crippen LogP contribution in [0.3, 0.4) is 0 Å². The van der Waals surface area contributed by atoms with Crippen molar-refractivity contribution >= 4 is 0 Å². The van der Waals surface area contributed by atoms with E-state index in [0.29, 0.717) is 17.8 Å². The minimum absolute atomic E-state index is 0.0927. The Bertz CT molecular complexity index is 584. The van der Waals surface area contributed by atoms with Crippen molar-refractivity contribution in [3.05, 3.63) is 29.3 Å². The molecule has 2 saturated carbocycles. The fourth-order valence-electron chi connectivity index (χ4n) is 5.67. The van der Waals surface area contributed by atoms with Gasteiger partial charge >= 0.3 is 0 Å². The summed E-state index contributed by atoms with van der Waals surface area (Å²) in [4.78, 5) is 0. The first-order valence-electron chi connectivity index (χ1n) is 8.57. The first-order chi connectivity index (χ1) is 10.5. The number of rotatable bonds is 1. The minimum atomic E-state index is -0.546. The molecular formula is C19H26O3. The third-order valence-corrected chi connectivity index (χ3v) is 6.91. The van der Waals surface area contributed by atoms with Crippen LogP contribution in [-0.2, 0) is 6.42 Å². The first-order valence-corrected chi connectivity index (χ1v) is 8.57. The van der Waals surface area contributed by atoms with Crippen molar-refractivity contribution in [2.75, 3.05) is 7.11 Å². The largest absolute Gasteiger partial charge is 0.497 e. The first kappa shape index (κ1) is 14.5. The third kappa shape index (κ3) is 1.88. The Balaban J connectivity index is 1.69. The number of fused-ring (bicyclic) bond motifs is 5. The van der Waals surface area contributed by atoms with E-state index in [-0.39, 0.29) is 5.41 Å². The highest BCUT2D eigenvalue weighted by molar-refractivity contribution is 5.40. The van der Waals surface area contributed by atoms with Gasteiger partial charge in [-0.1, -0.05) is 13.0 Å². The molecule has 2 fully saturated rings. The van der Waals surface area contributed by atoms with Crippen molar-refractivity contribution in [2.45, 2.75) is 57.2 Å². The zero-order valence-electron chi connectivity index (χ0n) is 13.5. The lowest BCUT2D eigenvalue weighted by molar-refractivity contribution is -0.0505. The SMILES string of the molecule is COc1ccc2c(c1)CC[C@@H]1[C@H]2CC[C@]2(C)[C@H](O)[C@@H](O)C[C@@H]12. The number of aliphatic hydroxyl groups is 2. The number of methoxy groups -OCH3 is 1. The molecule has 3 aliphatic rings. The number of hydrogen-bond donors (Lipinski definition) is 2. The van der Waals surface area contributed by atoms with Gasteiger partial charge in [-0.25, -0.2) is 0 Å². The maximum Gasteiger partial charge on any atom is 0.119 e. The molecule has 0 saturated heterocycles. The molecule has 1 aromatic carbocycles. The molecule has 4 rings (SSSR count). The maximum absolute atomic E-state index is 10.4. The van der Waals surface area contributed by atoms with Crippen LogP contribution in [0.4, 0.5) is 0 Å². The predicted octanol–water partition coefficient (Wildman–Crippen LogP) is 2.88. The number of benzene rings is 1. The molecule has 22 heavy (non-hydrogen) atoms.